The zero-order valence-electron chi connectivity index (χ0n) is 10.2. The van der Waals surface area contributed by atoms with E-state index in [0.717, 1.165) is 4.70 Å². The lowest BCUT2D eigenvalue weighted by Gasteiger charge is -2.01. The summed E-state index contributed by atoms with van der Waals surface area (Å²) in [4.78, 5) is 12.4. The molecule has 0 saturated heterocycles. The van der Waals surface area contributed by atoms with Gasteiger partial charge in [0.1, 0.15) is 10.7 Å². The number of hydrogen-bond acceptors (Lipinski definition) is 5. The maximum atomic E-state index is 13.2. The number of nitrogen functional groups attached to an aromatic ring is 1. The van der Waals surface area contributed by atoms with Gasteiger partial charge in [0.2, 0.25) is 0 Å². The van der Waals surface area contributed by atoms with Crippen molar-refractivity contribution in [2.24, 2.45) is 0 Å². The lowest BCUT2D eigenvalue weighted by molar-refractivity contribution is 0.0952. The molecule has 0 atom stereocenters. The minimum Gasteiger partial charge on any atom is -0.397 e. The summed E-state index contributed by atoms with van der Waals surface area (Å²) in [5.41, 5.74) is 6.20. The maximum Gasteiger partial charge on any atom is 0.263 e. The molecule has 0 fully saturated rings. The van der Waals surface area contributed by atoms with Crippen molar-refractivity contribution < 1.29 is 13.7 Å². The smallest absolute Gasteiger partial charge is 0.263 e. The molecule has 20 heavy (non-hydrogen) atoms. The summed E-state index contributed by atoms with van der Waals surface area (Å²) < 4.78 is 18.8. The average Bonchev–Trinajstić information content (AvgIpc) is 3.05. The Kier molecular flexibility index (Phi) is 3.11. The Morgan fingerprint density at radius 3 is 3.05 bits per heavy atom. The summed E-state index contributed by atoms with van der Waals surface area (Å²) in [6, 6.07) is 5.94. The second-order valence-corrected chi connectivity index (χ2v) is 5.20. The van der Waals surface area contributed by atoms with Crippen LogP contribution in [0, 0.1) is 5.82 Å². The van der Waals surface area contributed by atoms with Gasteiger partial charge in [-0.15, -0.1) is 11.3 Å². The molecule has 0 aliphatic carbocycles. The molecular formula is C13H10FN3O2S. The largest absolute Gasteiger partial charge is 0.397 e. The predicted molar refractivity (Wildman–Crippen MR) is 73.9 cm³/mol. The average molecular weight is 291 g/mol. The van der Waals surface area contributed by atoms with Crippen molar-refractivity contribution in [3.05, 3.63) is 46.9 Å². The number of nitrogens with two attached hydrogens (primary N) is 1. The fourth-order valence-electron chi connectivity index (χ4n) is 1.84. The van der Waals surface area contributed by atoms with E-state index in [-0.39, 0.29) is 18.3 Å². The van der Waals surface area contributed by atoms with E-state index in [1.165, 1.54) is 29.7 Å². The third-order valence-electron chi connectivity index (χ3n) is 2.81. The van der Waals surface area contributed by atoms with Gasteiger partial charge in [-0.05, 0) is 18.2 Å². The molecule has 5 nitrogen and oxygen atoms in total. The monoisotopic (exact) mass is 291 g/mol. The van der Waals surface area contributed by atoms with Gasteiger partial charge in [0.25, 0.3) is 5.91 Å². The summed E-state index contributed by atoms with van der Waals surface area (Å²) in [5, 5.41) is 6.78. The maximum absolute atomic E-state index is 13.2. The normalized spacial score (nSPS) is 10.8. The van der Waals surface area contributed by atoms with Gasteiger partial charge in [-0.3, -0.25) is 4.79 Å². The molecule has 1 aromatic carbocycles. The zero-order chi connectivity index (χ0) is 14.1. The molecule has 3 aromatic rings. The van der Waals surface area contributed by atoms with Crippen LogP contribution >= 0.6 is 11.3 Å². The molecule has 1 amide bonds. The lowest BCUT2D eigenvalue weighted by Crippen LogP contribution is -2.22. The van der Waals surface area contributed by atoms with Crippen LogP contribution < -0.4 is 11.1 Å². The standard InChI is InChI=1S/C13H10FN3O2S/c14-7-1-2-10-9(5-7)11(15)12(20-10)13(18)16-6-8-3-4-17-19-8/h1-5H,6,15H2,(H,16,18). The number of hydrogen-bond donors (Lipinski definition) is 2. The molecule has 102 valence electrons. The van der Waals surface area contributed by atoms with Gasteiger partial charge in [0.05, 0.1) is 18.4 Å². The van der Waals surface area contributed by atoms with Crippen molar-refractivity contribution in [2.75, 3.05) is 5.73 Å². The Morgan fingerprint density at radius 2 is 2.30 bits per heavy atom. The number of anilines is 1. The quantitative estimate of drug-likeness (QED) is 0.777. The summed E-state index contributed by atoms with van der Waals surface area (Å²) >= 11 is 1.23. The van der Waals surface area contributed by atoms with Gasteiger partial charge in [-0.2, -0.15) is 0 Å². The Labute approximate surface area is 117 Å². The van der Waals surface area contributed by atoms with Gasteiger partial charge in [-0.1, -0.05) is 5.16 Å². The van der Waals surface area contributed by atoms with E-state index in [1.54, 1.807) is 12.1 Å². The summed E-state index contributed by atoms with van der Waals surface area (Å²) in [5.74, 6) is -0.153. The van der Waals surface area contributed by atoms with Crippen molar-refractivity contribution in [1.82, 2.24) is 10.5 Å². The molecular weight excluding hydrogens is 281 g/mol. The molecule has 0 radical (unpaired) electrons. The molecule has 0 saturated carbocycles. The van der Waals surface area contributed by atoms with Crippen LogP contribution in [0.25, 0.3) is 10.1 Å². The number of nitrogens with zero attached hydrogens (tertiary/aromatic N) is 1. The Morgan fingerprint density at radius 1 is 1.45 bits per heavy atom. The van der Waals surface area contributed by atoms with Crippen LogP contribution in [0.15, 0.2) is 35.0 Å². The first-order chi connectivity index (χ1) is 9.65. The molecule has 2 heterocycles. The number of amides is 1. The van der Waals surface area contributed by atoms with Gasteiger partial charge < -0.3 is 15.6 Å². The van der Waals surface area contributed by atoms with Gasteiger partial charge >= 0.3 is 0 Å². The topological polar surface area (TPSA) is 81.2 Å². The highest BCUT2D eigenvalue weighted by atomic mass is 32.1. The number of fused-ring (bicyclic) bond motifs is 1. The first-order valence-corrected chi connectivity index (χ1v) is 6.62. The van der Waals surface area contributed by atoms with Crippen molar-refractivity contribution in [3.8, 4) is 0 Å². The van der Waals surface area contributed by atoms with Gasteiger partial charge in [0, 0.05) is 16.2 Å². The number of rotatable bonds is 3. The summed E-state index contributed by atoms with van der Waals surface area (Å²) in [6.07, 6.45) is 1.50. The number of aromatic nitrogens is 1. The molecule has 3 N–H and O–H groups in total. The molecule has 0 aliphatic rings. The number of halogens is 1. The number of nitrogens with one attached hydrogen (secondary N) is 1. The van der Waals surface area contributed by atoms with E-state index < -0.39 is 0 Å². The van der Waals surface area contributed by atoms with Crippen molar-refractivity contribution in [1.29, 1.82) is 0 Å². The van der Waals surface area contributed by atoms with E-state index in [2.05, 4.69) is 10.5 Å². The first kappa shape index (κ1) is 12.6. The molecule has 3 rings (SSSR count). The zero-order valence-corrected chi connectivity index (χ0v) is 11.0. The minimum atomic E-state index is -0.379. The lowest BCUT2D eigenvalue weighted by atomic mass is 10.2. The Bertz CT molecular complexity index is 767. The fraction of sp³-hybridized carbons (Fsp3) is 0.0769. The van der Waals surface area contributed by atoms with Crippen LogP contribution in [-0.2, 0) is 6.54 Å². The minimum absolute atomic E-state index is 0.223. The van der Waals surface area contributed by atoms with E-state index in [9.17, 15) is 9.18 Å². The van der Waals surface area contributed by atoms with Gasteiger partial charge in [-0.25, -0.2) is 4.39 Å². The molecule has 2 aromatic heterocycles. The van der Waals surface area contributed by atoms with E-state index in [0.29, 0.717) is 21.7 Å². The number of carbonyl (C=O) groups excluding carboxylic acids is 1. The highest BCUT2D eigenvalue weighted by Crippen LogP contribution is 2.33. The van der Waals surface area contributed by atoms with E-state index in [4.69, 9.17) is 10.3 Å². The highest BCUT2D eigenvalue weighted by molar-refractivity contribution is 7.21. The molecule has 0 aliphatic heterocycles. The summed E-state index contributed by atoms with van der Waals surface area (Å²) in [7, 11) is 0. The van der Waals surface area contributed by atoms with E-state index >= 15 is 0 Å². The fourth-order valence-corrected chi connectivity index (χ4v) is 2.86. The summed E-state index contributed by atoms with van der Waals surface area (Å²) in [6.45, 7) is 0.223. The third-order valence-corrected chi connectivity index (χ3v) is 3.99. The Balaban J connectivity index is 1.86. The van der Waals surface area contributed by atoms with Crippen LogP contribution in [0.2, 0.25) is 0 Å². The van der Waals surface area contributed by atoms with Crippen LogP contribution in [0.4, 0.5) is 10.1 Å². The molecule has 7 heteroatoms. The number of benzene rings is 1. The van der Waals surface area contributed by atoms with Crippen molar-refractivity contribution in [2.45, 2.75) is 6.54 Å². The molecule has 0 bridgehead atoms. The predicted octanol–water partition coefficient (Wildman–Crippen LogP) is 2.54. The second kappa shape index (κ2) is 4.93. The van der Waals surface area contributed by atoms with Crippen LogP contribution in [0.3, 0.4) is 0 Å². The molecule has 0 unspecified atom stereocenters. The van der Waals surface area contributed by atoms with Crippen molar-refractivity contribution >= 4 is 33.0 Å². The van der Waals surface area contributed by atoms with Crippen LogP contribution in [-0.4, -0.2) is 11.1 Å². The Hall–Kier alpha value is -2.41. The number of thiophene rings is 1. The van der Waals surface area contributed by atoms with Crippen LogP contribution in [0.5, 0.6) is 0 Å². The van der Waals surface area contributed by atoms with E-state index in [1.807, 2.05) is 0 Å². The van der Waals surface area contributed by atoms with Crippen molar-refractivity contribution in [3.63, 3.8) is 0 Å². The third kappa shape index (κ3) is 2.23. The SMILES string of the molecule is Nc1c(C(=O)NCc2ccno2)sc2ccc(F)cc12. The second-order valence-electron chi connectivity index (χ2n) is 4.15. The highest BCUT2D eigenvalue weighted by Gasteiger charge is 2.16. The number of carbonyl (C=O) groups is 1. The first-order valence-electron chi connectivity index (χ1n) is 5.80. The van der Waals surface area contributed by atoms with Crippen LogP contribution in [0.1, 0.15) is 15.4 Å². The molecule has 0 spiro atoms. The van der Waals surface area contributed by atoms with Gasteiger partial charge in [0.15, 0.2) is 5.76 Å².